The molecule has 2 atom stereocenters. The van der Waals surface area contributed by atoms with Crippen molar-refractivity contribution < 1.29 is 9.18 Å². The van der Waals surface area contributed by atoms with Gasteiger partial charge in [-0.2, -0.15) is 0 Å². The van der Waals surface area contributed by atoms with Crippen molar-refractivity contribution in [3.8, 4) is 0 Å². The molecule has 1 aromatic rings. The van der Waals surface area contributed by atoms with E-state index >= 15 is 0 Å². The maximum Gasteiger partial charge on any atom is 0.254 e. The highest BCUT2D eigenvalue weighted by molar-refractivity contribution is 5.94. The lowest BCUT2D eigenvalue weighted by Crippen LogP contribution is -2.36. The monoisotopic (exact) mass is 221 g/mol. The van der Waals surface area contributed by atoms with Gasteiger partial charge in [-0.1, -0.05) is 25.5 Å². The van der Waals surface area contributed by atoms with Crippen molar-refractivity contribution >= 4 is 5.91 Å². The Kier molecular flexibility index (Phi) is 3.22. The number of hydrogen-bond donors (Lipinski definition) is 1. The van der Waals surface area contributed by atoms with Gasteiger partial charge in [-0.3, -0.25) is 4.79 Å². The summed E-state index contributed by atoms with van der Waals surface area (Å²) in [5.74, 6) is -0.252. The highest BCUT2D eigenvalue weighted by Crippen LogP contribution is 2.25. The van der Waals surface area contributed by atoms with E-state index in [1.807, 2.05) is 0 Å². The van der Waals surface area contributed by atoms with Gasteiger partial charge in [0, 0.05) is 6.04 Å². The highest BCUT2D eigenvalue weighted by Gasteiger charge is 2.25. The molecule has 86 valence electrons. The summed E-state index contributed by atoms with van der Waals surface area (Å²) in [6.45, 7) is 2.12. The first-order chi connectivity index (χ1) is 7.68. The molecular weight excluding hydrogens is 205 g/mol. The van der Waals surface area contributed by atoms with Crippen LogP contribution < -0.4 is 5.32 Å². The van der Waals surface area contributed by atoms with Gasteiger partial charge in [0.2, 0.25) is 0 Å². The van der Waals surface area contributed by atoms with E-state index in [0.717, 1.165) is 19.3 Å². The van der Waals surface area contributed by atoms with Crippen molar-refractivity contribution in [2.24, 2.45) is 5.92 Å². The standard InChI is InChI=1S/C13H16FNO/c1-9-5-4-8-12(9)15-13(16)10-6-2-3-7-11(10)14/h2-3,6-7,9,12H,4-5,8H2,1H3,(H,15,16). The van der Waals surface area contributed by atoms with Crippen molar-refractivity contribution in [2.75, 3.05) is 0 Å². The van der Waals surface area contributed by atoms with Gasteiger partial charge in [-0.25, -0.2) is 4.39 Å². The van der Waals surface area contributed by atoms with E-state index in [-0.39, 0.29) is 17.5 Å². The Morgan fingerprint density at radius 1 is 1.38 bits per heavy atom. The zero-order chi connectivity index (χ0) is 11.5. The Morgan fingerprint density at radius 3 is 2.75 bits per heavy atom. The van der Waals surface area contributed by atoms with E-state index in [1.165, 1.54) is 12.1 Å². The molecule has 1 aliphatic rings. The summed E-state index contributed by atoms with van der Waals surface area (Å²) in [6, 6.07) is 6.30. The molecule has 1 fully saturated rings. The van der Waals surface area contributed by atoms with Crippen LogP contribution in [0.5, 0.6) is 0 Å². The molecule has 2 nitrogen and oxygen atoms in total. The summed E-state index contributed by atoms with van der Waals surface area (Å²) in [5, 5.41) is 2.91. The van der Waals surface area contributed by atoms with Crippen LogP contribution in [-0.2, 0) is 0 Å². The van der Waals surface area contributed by atoms with Crippen LogP contribution >= 0.6 is 0 Å². The lowest BCUT2D eigenvalue weighted by Gasteiger charge is -2.17. The van der Waals surface area contributed by atoms with Crippen LogP contribution in [0.25, 0.3) is 0 Å². The molecule has 3 heteroatoms. The van der Waals surface area contributed by atoms with Crippen molar-refractivity contribution in [2.45, 2.75) is 32.2 Å². The summed E-state index contributed by atoms with van der Waals surface area (Å²) in [6.07, 6.45) is 3.28. The summed E-state index contributed by atoms with van der Waals surface area (Å²) in [4.78, 5) is 11.8. The van der Waals surface area contributed by atoms with E-state index in [2.05, 4.69) is 12.2 Å². The molecular formula is C13H16FNO. The van der Waals surface area contributed by atoms with E-state index in [9.17, 15) is 9.18 Å². The summed E-state index contributed by atoms with van der Waals surface area (Å²) >= 11 is 0. The average molecular weight is 221 g/mol. The van der Waals surface area contributed by atoms with Gasteiger partial charge in [-0.15, -0.1) is 0 Å². The van der Waals surface area contributed by atoms with Gasteiger partial charge >= 0.3 is 0 Å². The first-order valence-corrected chi connectivity index (χ1v) is 5.74. The van der Waals surface area contributed by atoms with Gasteiger partial charge in [0.25, 0.3) is 5.91 Å². The zero-order valence-corrected chi connectivity index (χ0v) is 9.37. The van der Waals surface area contributed by atoms with Gasteiger partial charge < -0.3 is 5.32 Å². The Balaban J connectivity index is 2.06. The Bertz CT molecular complexity index is 391. The van der Waals surface area contributed by atoms with Crippen molar-refractivity contribution in [3.63, 3.8) is 0 Å². The Hall–Kier alpha value is -1.38. The van der Waals surface area contributed by atoms with Gasteiger partial charge in [0.05, 0.1) is 5.56 Å². The summed E-state index contributed by atoms with van der Waals surface area (Å²) in [7, 11) is 0. The normalized spacial score (nSPS) is 24.4. The molecule has 1 N–H and O–H groups in total. The van der Waals surface area contributed by atoms with Crippen LogP contribution in [0.4, 0.5) is 4.39 Å². The maximum absolute atomic E-state index is 13.4. The minimum Gasteiger partial charge on any atom is -0.349 e. The number of rotatable bonds is 2. The largest absolute Gasteiger partial charge is 0.349 e. The molecule has 2 rings (SSSR count). The van der Waals surface area contributed by atoms with Crippen LogP contribution in [0, 0.1) is 11.7 Å². The molecule has 1 saturated carbocycles. The Labute approximate surface area is 94.9 Å². The number of carbonyl (C=O) groups excluding carboxylic acids is 1. The quantitative estimate of drug-likeness (QED) is 0.817. The second-order valence-corrected chi connectivity index (χ2v) is 4.47. The molecule has 0 aliphatic heterocycles. The minimum absolute atomic E-state index is 0.140. The van der Waals surface area contributed by atoms with Gasteiger partial charge in [-0.05, 0) is 30.9 Å². The number of benzene rings is 1. The average Bonchev–Trinajstić information content (AvgIpc) is 2.65. The zero-order valence-electron chi connectivity index (χ0n) is 9.37. The van der Waals surface area contributed by atoms with Gasteiger partial charge in [0.1, 0.15) is 5.82 Å². The molecule has 1 aromatic carbocycles. The molecule has 0 saturated heterocycles. The van der Waals surface area contributed by atoms with Crippen LogP contribution in [0.3, 0.4) is 0 Å². The molecule has 1 amide bonds. The van der Waals surface area contributed by atoms with E-state index in [0.29, 0.717) is 5.92 Å². The predicted molar refractivity (Wildman–Crippen MR) is 60.7 cm³/mol. The first kappa shape index (κ1) is 11.1. The third-order valence-corrected chi connectivity index (χ3v) is 3.30. The molecule has 0 radical (unpaired) electrons. The SMILES string of the molecule is CC1CCCC1NC(=O)c1ccccc1F. The molecule has 2 unspecified atom stereocenters. The smallest absolute Gasteiger partial charge is 0.254 e. The summed E-state index contributed by atoms with van der Waals surface area (Å²) < 4.78 is 13.4. The number of carbonyl (C=O) groups is 1. The molecule has 16 heavy (non-hydrogen) atoms. The van der Waals surface area contributed by atoms with Crippen LogP contribution in [0.1, 0.15) is 36.5 Å². The van der Waals surface area contributed by atoms with Crippen LogP contribution in [0.2, 0.25) is 0 Å². The van der Waals surface area contributed by atoms with Crippen molar-refractivity contribution in [3.05, 3.63) is 35.6 Å². The fourth-order valence-corrected chi connectivity index (χ4v) is 2.25. The highest BCUT2D eigenvalue weighted by atomic mass is 19.1. The Morgan fingerprint density at radius 2 is 2.12 bits per heavy atom. The third-order valence-electron chi connectivity index (χ3n) is 3.30. The second kappa shape index (κ2) is 4.64. The second-order valence-electron chi connectivity index (χ2n) is 4.47. The number of halogens is 1. The first-order valence-electron chi connectivity index (χ1n) is 5.74. The van der Waals surface area contributed by atoms with Crippen LogP contribution in [0.15, 0.2) is 24.3 Å². The molecule has 1 aliphatic carbocycles. The minimum atomic E-state index is -0.453. The summed E-state index contributed by atoms with van der Waals surface area (Å²) in [5.41, 5.74) is 0.140. The molecule has 0 bridgehead atoms. The van der Waals surface area contributed by atoms with E-state index in [1.54, 1.807) is 12.1 Å². The van der Waals surface area contributed by atoms with Crippen molar-refractivity contribution in [1.29, 1.82) is 0 Å². The van der Waals surface area contributed by atoms with E-state index < -0.39 is 5.82 Å². The fraction of sp³-hybridized carbons (Fsp3) is 0.462. The lowest BCUT2D eigenvalue weighted by molar-refractivity contribution is 0.0925. The van der Waals surface area contributed by atoms with Gasteiger partial charge in [0.15, 0.2) is 0 Å². The van der Waals surface area contributed by atoms with E-state index in [4.69, 9.17) is 0 Å². The fourth-order valence-electron chi connectivity index (χ4n) is 2.25. The third kappa shape index (κ3) is 2.23. The molecule has 0 spiro atoms. The maximum atomic E-state index is 13.4. The number of nitrogens with one attached hydrogen (secondary N) is 1. The number of hydrogen-bond acceptors (Lipinski definition) is 1. The van der Waals surface area contributed by atoms with Crippen molar-refractivity contribution in [1.82, 2.24) is 5.32 Å². The topological polar surface area (TPSA) is 29.1 Å². The molecule has 0 heterocycles. The van der Waals surface area contributed by atoms with Crippen LogP contribution in [-0.4, -0.2) is 11.9 Å². The molecule has 0 aromatic heterocycles. The predicted octanol–water partition coefficient (Wildman–Crippen LogP) is 2.74. The number of amides is 1. The lowest BCUT2D eigenvalue weighted by atomic mass is 10.1.